The van der Waals surface area contributed by atoms with Crippen molar-refractivity contribution >= 4 is 65.1 Å². The van der Waals surface area contributed by atoms with Crippen LogP contribution >= 0.6 is 0 Å². The minimum atomic E-state index is -0.683. The Morgan fingerprint density at radius 1 is 1.02 bits per heavy atom. The SMILES string of the molecule is C=Cc1c(C)/c2[n-]/c1=C\c1[n-]c(c(CC)c1C)/C=C\[N-]C1CC(=O)C(C(=O)OC)=C1C1[N-]C(\C=2)[C@@H](C)[C@@H]1CCC(=O)OC/C=C(\C)CCC[C@H](C)CCCC(C)C.[Mg+2]. The summed E-state index contributed by atoms with van der Waals surface area (Å²) in [6.45, 7) is 21.7. The number of allylic oxidation sites excluding steroid dienone is 1. The molecule has 0 amide bonds. The first-order chi connectivity index (χ1) is 27.3. The quantitative estimate of drug-likeness (QED) is 0.0727. The summed E-state index contributed by atoms with van der Waals surface area (Å²) in [4.78, 5) is 50.2. The van der Waals surface area contributed by atoms with E-state index < -0.39 is 18.1 Å². The molecule has 3 aliphatic rings. The van der Waals surface area contributed by atoms with Gasteiger partial charge in [0.1, 0.15) is 6.61 Å². The first kappa shape index (κ1) is 47.1. The van der Waals surface area contributed by atoms with Crippen molar-refractivity contribution in [1.29, 1.82) is 0 Å². The van der Waals surface area contributed by atoms with Gasteiger partial charge in [0, 0.05) is 12.8 Å². The fraction of sp³-hybridized carbons (Fsp3) is 0.562. The molecule has 10 heteroatoms. The number of aromatic nitrogens is 2. The van der Waals surface area contributed by atoms with Crippen LogP contribution in [0.15, 0.2) is 35.6 Å². The van der Waals surface area contributed by atoms with Gasteiger partial charge in [-0.3, -0.25) is 9.59 Å². The van der Waals surface area contributed by atoms with Crippen LogP contribution in [0.4, 0.5) is 0 Å². The van der Waals surface area contributed by atoms with E-state index in [1.165, 1.54) is 38.4 Å². The van der Waals surface area contributed by atoms with Crippen LogP contribution in [0.5, 0.6) is 0 Å². The zero-order chi connectivity index (χ0) is 41.4. The van der Waals surface area contributed by atoms with Gasteiger partial charge in [-0.1, -0.05) is 131 Å². The number of ether oxygens (including phenoxy) is 2. The van der Waals surface area contributed by atoms with Crippen molar-refractivity contribution in [3.8, 4) is 0 Å². The van der Waals surface area contributed by atoms with E-state index in [1.807, 2.05) is 31.2 Å². The zero-order valence-corrected chi connectivity index (χ0v) is 37.9. The largest absolute Gasteiger partial charge is 2.00 e. The smallest absolute Gasteiger partial charge is 0.684 e. The number of methoxy groups -OCH3 is 1. The fourth-order valence-corrected chi connectivity index (χ4v) is 8.91. The Labute approximate surface area is 362 Å². The number of rotatable bonds is 16. The van der Waals surface area contributed by atoms with Gasteiger partial charge in [0.05, 0.1) is 12.7 Å². The van der Waals surface area contributed by atoms with Crippen molar-refractivity contribution in [3.05, 3.63) is 90.5 Å². The number of carbonyl (C=O) groups excluding carboxylic acids is 3. The minimum absolute atomic E-state index is 0. The van der Waals surface area contributed by atoms with Gasteiger partial charge in [0.2, 0.25) is 0 Å². The van der Waals surface area contributed by atoms with Crippen molar-refractivity contribution in [2.75, 3.05) is 13.7 Å². The van der Waals surface area contributed by atoms with Gasteiger partial charge in [-0.2, -0.15) is 6.20 Å². The van der Waals surface area contributed by atoms with Gasteiger partial charge in [0.25, 0.3) is 0 Å². The molecule has 1 aliphatic carbocycles. The van der Waals surface area contributed by atoms with Crippen molar-refractivity contribution in [1.82, 2.24) is 9.97 Å². The third-order valence-electron chi connectivity index (χ3n) is 12.4. The van der Waals surface area contributed by atoms with Crippen molar-refractivity contribution in [2.24, 2.45) is 23.7 Å². The van der Waals surface area contributed by atoms with Crippen molar-refractivity contribution in [2.45, 2.75) is 138 Å². The van der Waals surface area contributed by atoms with Gasteiger partial charge in [-0.05, 0) is 69.9 Å². The maximum absolute atomic E-state index is 13.6. The standard InChI is InChI=1S/C48H64N4O5.Mg/c1-11-34-31(7)39-26-41-35(12-2)32(8)38(51-41)25-40-33(9)36(19-20-44(54)57-24-22-30(6)18-14-17-29(5)16-13-15-28(3)4)47(52-40)45-42(49-23-21-37(34)50-39)27-43(53)46(45)48(55)56-10;/h12,21-23,25-26,28-29,33,36,40,42,47H,2,11,13-20,24,27H2,1,3-10H3;/q-4;+2/b23-21-,30-22+,38-25-,41-26-;/t29-,33+,36+,40?,42?,47?;/m1./s1. The number of nitrogens with zero attached hydrogens (tertiary/aromatic N) is 4. The van der Waals surface area contributed by atoms with Crippen LogP contribution in [-0.4, -0.2) is 72.6 Å². The zero-order valence-electron chi connectivity index (χ0n) is 36.5. The molecule has 6 bridgehead atoms. The fourth-order valence-electron chi connectivity index (χ4n) is 8.91. The minimum Gasteiger partial charge on any atom is -0.684 e. The Hall–Kier alpha value is -3.60. The van der Waals surface area contributed by atoms with E-state index >= 15 is 0 Å². The number of ketones is 1. The molecule has 1 fully saturated rings. The molecule has 0 radical (unpaired) electrons. The molecule has 0 saturated carbocycles. The summed E-state index contributed by atoms with van der Waals surface area (Å²) in [5.74, 6) is -0.00949. The molecule has 0 aromatic carbocycles. The summed E-state index contributed by atoms with van der Waals surface area (Å²) < 4.78 is 10.9. The van der Waals surface area contributed by atoms with Gasteiger partial charge < -0.3 is 30.1 Å². The van der Waals surface area contributed by atoms with Crippen LogP contribution in [0.3, 0.4) is 0 Å². The van der Waals surface area contributed by atoms with Crippen LogP contribution in [-0.2, 0) is 30.3 Å². The van der Waals surface area contributed by atoms with E-state index in [0.29, 0.717) is 12.0 Å². The van der Waals surface area contributed by atoms with Gasteiger partial charge >= 0.3 is 35.0 Å². The number of Topliss-reactive ketones (excluding diaryl/α,β-unsaturated/α-hetero) is 1. The predicted octanol–water partition coefficient (Wildman–Crippen LogP) is 8.10. The second-order valence-corrected chi connectivity index (χ2v) is 16.9. The van der Waals surface area contributed by atoms with Gasteiger partial charge in [-0.25, -0.2) is 4.79 Å². The molecule has 310 valence electrons. The first-order valence-corrected chi connectivity index (χ1v) is 21.2. The number of carbonyl (C=O) groups is 3. The van der Waals surface area contributed by atoms with Gasteiger partial charge in [0.15, 0.2) is 5.78 Å². The van der Waals surface area contributed by atoms with E-state index in [-0.39, 0.29) is 77.7 Å². The molecule has 0 N–H and O–H groups in total. The Morgan fingerprint density at radius 2 is 1.76 bits per heavy atom. The third kappa shape index (κ3) is 11.2. The molecule has 9 nitrogen and oxygen atoms in total. The van der Waals surface area contributed by atoms with Crippen LogP contribution < -0.4 is 20.7 Å². The topological polar surface area (TPSA) is 126 Å². The average molecular weight is 801 g/mol. The van der Waals surface area contributed by atoms with E-state index in [4.69, 9.17) is 30.1 Å². The maximum atomic E-state index is 13.6. The Morgan fingerprint density at radius 3 is 2.45 bits per heavy atom. The summed E-state index contributed by atoms with van der Waals surface area (Å²) in [6.07, 6.45) is 20.2. The molecular formula is C48H64MgN4O5-2. The number of hydrogen-bond acceptors (Lipinski definition) is 5. The van der Waals surface area contributed by atoms with Crippen molar-refractivity contribution < 1.29 is 23.9 Å². The summed E-state index contributed by atoms with van der Waals surface area (Å²) in [5, 5.41) is 11.8. The number of esters is 2. The summed E-state index contributed by atoms with van der Waals surface area (Å²) in [5.41, 5.74) is 7.58. The molecule has 2 aliphatic heterocycles. The van der Waals surface area contributed by atoms with E-state index in [9.17, 15) is 14.4 Å². The molecular weight excluding hydrogens is 737 g/mol. The number of fused-ring (bicyclic) bond motifs is 8. The van der Waals surface area contributed by atoms with E-state index in [1.54, 1.807) is 6.20 Å². The normalized spacial score (nSPS) is 23.9. The molecule has 58 heavy (non-hydrogen) atoms. The van der Waals surface area contributed by atoms with E-state index in [0.717, 1.165) is 75.4 Å². The maximum Gasteiger partial charge on any atom is 2.00 e. The van der Waals surface area contributed by atoms with Crippen LogP contribution in [0, 0.1) is 37.5 Å². The molecule has 0 spiro atoms. The average Bonchev–Trinajstić information content (AvgIpc) is 3.85. The van der Waals surface area contributed by atoms with Crippen molar-refractivity contribution in [3.63, 3.8) is 0 Å². The van der Waals surface area contributed by atoms with Crippen LogP contribution in [0.1, 0.15) is 133 Å². The predicted molar refractivity (Wildman–Crippen MR) is 236 cm³/mol. The second-order valence-electron chi connectivity index (χ2n) is 16.9. The van der Waals surface area contributed by atoms with E-state index in [2.05, 4.69) is 61.1 Å². The monoisotopic (exact) mass is 800 g/mol. The molecule has 4 heterocycles. The summed E-state index contributed by atoms with van der Waals surface area (Å²) >= 11 is 0. The molecule has 2 aromatic heterocycles. The molecule has 5 rings (SSSR count). The van der Waals surface area contributed by atoms with Crippen LogP contribution in [0.2, 0.25) is 0 Å². The first-order valence-electron chi connectivity index (χ1n) is 21.2. The second kappa shape index (κ2) is 21.6. The molecule has 1 saturated heterocycles. The summed E-state index contributed by atoms with van der Waals surface area (Å²) in [6, 6.07) is -1.45. The Kier molecular flexibility index (Phi) is 17.5. The third-order valence-corrected chi connectivity index (χ3v) is 12.4. The number of hydrogen-bond donors (Lipinski definition) is 0. The molecule has 2 aromatic rings. The molecule has 6 atom stereocenters. The van der Waals surface area contributed by atoms with Gasteiger partial charge in [-0.15, -0.1) is 40.2 Å². The Bertz CT molecular complexity index is 2020. The Balaban J connectivity index is 0.00000744. The van der Waals surface area contributed by atoms with Crippen LogP contribution in [0.25, 0.3) is 34.9 Å². The molecule has 3 unspecified atom stereocenters. The summed E-state index contributed by atoms with van der Waals surface area (Å²) in [7, 11) is 1.29.